The van der Waals surface area contributed by atoms with Crippen molar-refractivity contribution in [1.29, 1.82) is 0 Å². The highest BCUT2D eigenvalue weighted by Crippen LogP contribution is 2.12. The van der Waals surface area contributed by atoms with Gasteiger partial charge in [0.2, 0.25) is 0 Å². The Morgan fingerprint density at radius 3 is 3.11 bits per heavy atom. The summed E-state index contributed by atoms with van der Waals surface area (Å²) < 4.78 is 0. The van der Waals surface area contributed by atoms with E-state index in [1.807, 2.05) is 5.38 Å². The average molecular weight is 140 g/mol. The molecule has 0 radical (unpaired) electrons. The molecule has 0 spiro atoms. The molecule has 1 aromatic heterocycles. The van der Waals surface area contributed by atoms with Crippen LogP contribution in [0.25, 0.3) is 5.57 Å². The Balaban J connectivity index is 2.77. The van der Waals surface area contributed by atoms with Gasteiger partial charge in [-0.3, -0.25) is 0 Å². The van der Waals surface area contributed by atoms with Gasteiger partial charge in [-0.05, 0) is 5.57 Å². The smallest absolute Gasteiger partial charge is 0.119 e. The van der Waals surface area contributed by atoms with Crippen LogP contribution in [0, 0.1) is 0 Å². The quantitative estimate of drug-likeness (QED) is 0.668. The number of hydrogen-bond donors (Lipinski definition) is 1. The lowest BCUT2D eigenvalue weighted by molar-refractivity contribution is 1.24. The van der Waals surface area contributed by atoms with E-state index in [2.05, 4.69) is 11.6 Å². The van der Waals surface area contributed by atoms with Crippen LogP contribution < -0.4 is 5.73 Å². The van der Waals surface area contributed by atoms with Crippen molar-refractivity contribution in [2.75, 3.05) is 6.54 Å². The second kappa shape index (κ2) is 2.75. The van der Waals surface area contributed by atoms with Crippen LogP contribution in [0.2, 0.25) is 0 Å². The molecule has 0 atom stereocenters. The van der Waals surface area contributed by atoms with E-state index >= 15 is 0 Å². The van der Waals surface area contributed by atoms with Crippen LogP contribution >= 0.6 is 11.3 Å². The molecule has 0 aliphatic heterocycles. The first-order valence-electron chi connectivity index (χ1n) is 2.62. The summed E-state index contributed by atoms with van der Waals surface area (Å²) in [5, 5.41) is 2.86. The molecule has 0 saturated heterocycles. The summed E-state index contributed by atoms with van der Waals surface area (Å²) in [6, 6.07) is 0. The maximum Gasteiger partial charge on any atom is 0.119 e. The van der Waals surface area contributed by atoms with Crippen molar-refractivity contribution in [3.05, 3.63) is 23.2 Å². The molecule has 0 aliphatic carbocycles. The van der Waals surface area contributed by atoms with Crippen molar-refractivity contribution >= 4 is 16.9 Å². The third-order valence-electron chi connectivity index (χ3n) is 0.981. The molecule has 0 amide bonds. The van der Waals surface area contributed by atoms with Crippen LogP contribution in [0.1, 0.15) is 5.01 Å². The maximum absolute atomic E-state index is 5.33. The van der Waals surface area contributed by atoms with Crippen molar-refractivity contribution in [2.45, 2.75) is 0 Å². The van der Waals surface area contributed by atoms with Crippen molar-refractivity contribution < 1.29 is 0 Å². The molecule has 1 rings (SSSR count). The molecule has 48 valence electrons. The number of nitrogens with two attached hydrogens (primary N) is 1. The minimum atomic E-state index is 0.494. The van der Waals surface area contributed by atoms with Gasteiger partial charge in [0.25, 0.3) is 0 Å². The monoisotopic (exact) mass is 140 g/mol. The van der Waals surface area contributed by atoms with Crippen molar-refractivity contribution in [3.63, 3.8) is 0 Å². The number of rotatable bonds is 2. The Kier molecular flexibility index (Phi) is 1.97. The predicted molar refractivity (Wildman–Crippen MR) is 40.2 cm³/mol. The molecule has 0 unspecified atom stereocenters. The molecular formula is C6H8N2S. The lowest BCUT2D eigenvalue weighted by Gasteiger charge is -1.92. The van der Waals surface area contributed by atoms with E-state index in [1.165, 1.54) is 0 Å². The van der Waals surface area contributed by atoms with Crippen molar-refractivity contribution in [2.24, 2.45) is 5.73 Å². The van der Waals surface area contributed by atoms with Gasteiger partial charge in [-0.1, -0.05) is 6.58 Å². The minimum absolute atomic E-state index is 0.494. The second-order valence-corrected chi connectivity index (χ2v) is 2.54. The van der Waals surface area contributed by atoms with E-state index in [1.54, 1.807) is 17.5 Å². The molecule has 9 heavy (non-hydrogen) atoms. The summed E-state index contributed by atoms with van der Waals surface area (Å²) in [5.41, 5.74) is 6.24. The number of nitrogens with zero attached hydrogens (tertiary/aromatic N) is 1. The molecule has 0 aliphatic rings. The van der Waals surface area contributed by atoms with E-state index in [-0.39, 0.29) is 0 Å². The SMILES string of the molecule is C=C(CN)c1nccs1. The highest BCUT2D eigenvalue weighted by molar-refractivity contribution is 7.10. The van der Waals surface area contributed by atoms with Gasteiger partial charge in [0, 0.05) is 18.1 Å². The number of hydrogen-bond acceptors (Lipinski definition) is 3. The van der Waals surface area contributed by atoms with Gasteiger partial charge >= 0.3 is 0 Å². The van der Waals surface area contributed by atoms with Gasteiger partial charge in [0.1, 0.15) is 5.01 Å². The molecular weight excluding hydrogens is 132 g/mol. The van der Waals surface area contributed by atoms with E-state index in [0.717, 1.165) is 10.6 Å². The molecule has 1 heterocycles. The zero-order valence-corrected chi connectivity index (χ0v) is 5.82. The fraction of sp³-hybridized carbons (Fsp3) is 0.167. The maximum atomic E-state index is 5.33. The molecule has 0 bridgehead atoms. The summed E-state index contributed by atoms with van der Waals surface area (Å²) in [5.74, 6) is 0. The highest BCUT2D eigenvalue weighted by Gasteiger charge is 1.96. The molecule has 0 saturated carbocycles. The summed E-state index contributed by atoms with van der Waals surface area (Å²) >= 11 is 1.56. The Bertz CT molecular complexity index is 191. The Labute approximate surface area is 58.0 Å². The Hall–Kier alpha value is -0.670. The van der Waals surface area contributed by atoms with Crippen molar-refractivity contribution in [1.82, 2.24) is 4.98 Å². The normalized spacial score (nSPS) is 9.44. The summed E-state index contributed by atoms with van der Waals surface area (Å²) in [4.78, 5) is 4.03. The van der Waals surface area contributed by atoms with Crippen LogP contribution in [0.5, 0.6) is 0 Å². The van der Waals surface area contributed by atoms with Crippen LogP contribution in [0.3, 0.4) is 0 Å². The highest BCUT2D eigenvalue weighted by atomic mass is 32.1. The molecule has 2 nitrogen and oxygen atoms in total. The first kappa shape index (κ1) is 6.45. The first-order chi connectivity index (χ1) is 4.34. The second-order valence-electron chi connectivity index (χ2n) is 1.64. The molecule has 0 aromatic carbocycles. The standard InChI is InChI=1S/C6H8N2S/c1-5(4-7)6-8-2-3-9-6/h2-3H,1,4,7H2. The zero-order chi connectivity index (χ0) is 6.69. The lowest BCUT2D eigenvalue weighted by Crippen LogP contribution is -1.99. The fourth-order valence-electron chi connectivity index (χ4n) is 0.485. The van der Waals surface area contributed by atoms with Crippen LogP contribution in [-0.2, 0) is 0 Å². The average Bonchev–Trinajstić information content (AvgIpc) is 2.37. The van der Waals surface area contributed by atoms with Gasteiger partial charge in [0.15, 0.2) is 0 Å². The molecule has 1 aromatic rings. The summed E-state index contributed by atoms with van der Waals surface area (Å²) in [7, 11) is 0. The van der Waals surface area contributed by atoms with E-state index in [9.17, 15) is 0 Å². The first-order valence-corrected chi connectivity index (χ1v) is 3.50. The molecule has 0 fully saturated rings. The summed E-state index contributed by atoms with van der Waals surface area (Å²) in [6.45, 7) is 4.23. The Morgan fingerprint density at radius 2 is 2.67 bits per heavy atom. The van der Waals surface area contributed by atoms with Gasteiger partial charge < -0.3 is 5.73 Å². The van der Waals surface area contributed by atoms with Gasteiger partial charge in [-0.15, -0.1) is 11.3 Å². The van der Waals surface area contributed by atoms with Crippen LogP contribution in [0.4, 0.5) is 0 Å². The van der Waals surface area contributed by atoms with Gasteiger partial charge in [-0.2, -0.15) is 0 Å². The van der Waals surface area contributed by atoms with E-state index in [4.69, 9.17) is 5.73 Å². The van der Waals surface area contributed by atoms with E-state index < -0.39 is 0 Å². The number of aromatic nitrogens is 1. The molecule has 3 heteroatoms. The largest absolute Gasteiger partial charge is 0.326 e. The van der Waals surface area contributed by atoms with E-state index in [0.29, 0.717) is 6.54 Å². The number of thiazole rings is 1. The fourth-order valence-corrected chi connectivity index (χ4v) is 1.11. The zero-order valence-electron chi connectivity index (χ0n) is 5.00. The summed E-state index contributed by atoms with van der Waals surface area (Å²) in [6.07, 6.45) is 1.75. The minimum Gasteiger partial charge on any atom is -0.326 e. The molecule has 2 N–H and O–H groups in total. The van der Waals surface area contributed by atoms with Crippen LogP contribution in [0.15, 0.2) is 18.2 Å². The topological polar surface area (TPSA) is 38.9 Å². The van der Waals surface area contributed by atoms with Gasteiger partial charge in [0.05, 0.1) is 0 Å². The third-order valence-corrected chi connectivity index (χ3v) is 1.86. The lowest BCUT2D eigenvalue weighted by atomic mass is 10.3. The van der Waals surface area contributed by atoms with Crippen LogP contribution in [-0.4, -0.2) is 11.5 Å². The van der Waals surface area contributed by atoms with Gasteiger partial charge in [-0.25, -0.2) is 4.98 Å². The van der Waals surface area contributed by atoms with Crippen molar-refractivity contribution in [3.8, 4) is 0 Å². The Morgan fingerprint density at radius 1 is 1.89 bits per heavy atom. The predicted octanol–water partition coefficient (Wildman–Crippen LogP) is 1.12. The third kappa shape index (κ3) is 1.37.